The molecule has 0 saturated heterocycles. The number of rotatable bonds is 11. The van der Waals surface area contributed by atoms with Gasteiger partial charge in [-0.25, -0.2) is 0 Å². The smallest absolute Gasteiger partial charge is 0.142 e. The van der Waals surface area contributed by atoms with Crippen LogP contribution in [0.5, 0.6) is 5.75 Å². The zero-order valence-corrected chi connectivity index (χ0v) is 29.5. The first-order chi connectivity index (χ1) is 20.7. The minimum atomic E-state index is 0.180. The van der Waals surface area contributed by atoms with Gasteiger partial charge in [-0.3, -0.25) is 0 Å². The average molecular weight is 605 g/mol. The van der Waals surface area contributed by atoms with Crippen LogP contribution in [0, 0.1) is 39.4 Å². The van der Waals surface area contributed by atoms with Gasteiger partial charge in [-0.2, -0.15) is 0 Å². The lowest BCUT2D eigenvalue weighted by Crippen LogP contribution is -2.55. The van der Waals surface area contributed by atoms with Gasteiger partial charge < -0.3 is 20.9 Å². The highest BCUT2D eigenvalue weighted by Crippen LogP contribution is 2.72. The molecule has 2 fully saturated rings. The topological polar surface area (TPSA) is 70.5 Å². The first-order valence-corrected chi connectivity index (χ1v) is 18.0. The van der Waals surface area contributed by atoms with Crippen LogP contribution in [-0.4, -0.2) is 19.3 Å². The fourth-order valence-corrected chi connectivity index (χ4v) is 11.1. The van der Waals surface area contributed by atoms with Crippen molar-refractivity contribution in [3.05, 3.63) is 41.0 Å². The second-order valence-corrected chi connectivity index (χ2v) is 16.8. The van der Waals surface area contributed by atoms with Crippen molar-refractivity contribution in [3.63, 3.8) is 0 Å². The van der Waals surface area contributed by atoms with Gasteiger partial charge in [-0.05, 0) is 149 Å². The summed E-state index contributed by atoms with van der Waals surface area (Å²) < 4.78 is 12.6. The Labute approximate surface area is 269 Å². The van der Waals surface area contributed by atoms with Crippen LogP contribution in [0.25, 0.3) is 0 Å². The van der Waals surface area contributed by atoms with Gasteiger partial charge in [0.15, 0.2) is 0 Å². The van der Waals surface area contributed by atoms with Crippen LogP contribution in [0.15, 0.2) is 41.0 Å². The van der Waals surface area contributed by atoms with E-state index in [0.29, 0.717) is 46.2 Å². The summed E-state index contributed by atoms with van der Waals surface area (Å²) in [6.07, 6.45) is 17.9. The van der Waals surface area contributed by atoms with Crippen molar-refractivity contribution < 1.29 is 9.47 Å². The van der Waals surface area contributed by atoms with Crippen molar-refractivity contribution in [2.24, 2.45) is 39.4 Å². The minimum absolute atomic E-state index is 0.180. The minimum Gasteiger partial charge on any atom is -0.491 e. The molecule has 44 heavy (non-hydrogen) atoms. The molecule has 7 atom stereocenters. The van der Waals surface area contributed by atoms with Gasteiger partial charge in [0, 0.05) is 12.3 Å². The van der Waals surface area contributed by atoms with E-state index in [4.69, 9.17) is 20.9 Å². The number of anilines is 2. The third-order valence-electron chi connectivity index (χ3n) is 13.8. The summed E-state index contributed by atoms with van der Waals surface area (Å²) in [5.41, 5.74) is 19.7. The highest BCUT2D eigenvalue weighted by molar-refractivity contribution is 5.60. The number of ether oxygens (including phenoxy) is 2. The molecule has 6 unspecified atom stereocenters. The molecule has 0 heterocycles. The van der Waals surface area contributed by atoms with Crippen molar-refractivity contribution in [2.75, 3.05) is 24.7 Å². The molecule has 4 aliphatic carbocycles. The monoisotopic (exact) mass is 604 g/mol. The quantitative estimate of drug-likeness (QED) is 0.150. The third-order valence-corrected chi connectivity index (χ3v) is 13.8. The Morgan fingerprint density at radius 1 is 0.932 bits per heavy atom. The maximum atomic E-state index is 6.70. The van der Waals surface area contributed by atoms with Crippen LogP contribution in [0.1, 0.15) is 132 Å². The highest BCUT2D eigenvalue weighted by atomic mass is 16.5. The number of nitrogen functional groups attached to an aromatic ring is 2. The highest BCUT2D eigenvalue weighted by Gasteiger charge is 2.63. The zero-order valence-electron chi connectivity index (χ0n) is 29.5. The third kappa shape index (κ3) is 5.87. The van der Waals surface area contributed by atoms with Crippen LogP contribution < -0.4 is 16.2 Å². The Kier molecular flexibility index (Phi) is 9.64. The second-order valence-electron chi connectivity index (χ2n) is 16.8. The maximum absolute atomic E-state index is 6.70. The van der Waals surface area contributed by atoms with Crippen molar-refractivity contribution in [1.82, 2.24) is 0 Å². The predicted octanol–water partition coefficient (Wildman–Crippen LogP) is 10.5. The first-order valence-electron chi connectivity index (χ1n) is 18.0. The van der Waals surface area contributed by atoms with E-state index < -0.39 is 0 Å². The molecule has 1 aromatic rings. The van der Waals surface area contributed by atoms with E-state index in [0.717, 1.165) is 37.0 Å². The molecule has 0 bridgehead atoms. The van der Waals surface area contributed by atoms with Crippen molar-refractivity contribution in [2.45, 2.75) is 139 Å². The predicted molar refractivity (Wildman–Crippen MR) is 187 cm³/mol. The van der Waals surface area contributed by atoms with Crippen LogP contribution in [0.4, 0.5) is 11.4 Å². The molecule has 0 aromatic heterocycles. The number of allylic oxidation sites excluding steroid dienone is 4. The summed E-state index contributed by atoms with van der Waals surface area (Å²) in [5, 5.41) is 0. The van der Waals surface area contributed by atoms with Crippen LogP contribution in [0.3, 0.4) is 0 Å². The summed E-state index contributed by atoms with van der Waals surface area (Å²) in [6, 6.07) is 5.45. The van der Waals surface area contributed by atoms with E-state index in [2.05, 4.69) is 61.5 Å². The Balaban J connectivity index is 1.21. The van der Waals surface area contributed by atoms with E-state index in [1.165, 1.54) is 69.8 Å². The van der Waals surface area contributed by atoms with E-state index in [1.54, 1.807) is 6.07 Å². The SMILES string of the molecule is CC(C)=CCCC(C)C1CC[C@@]2(C)C3=C(CCC12C)C1(C)CCC(OCCCCOc2ccc(N)cc2N)C(C)(C)C1CC3. The molecule has 4 nitrogen and oxygen atoms in total. The molecule has 1 aromatic carbocycles. The summed E-state index contributed by atoms with van der Waals surface area (Å²) in [7, 11) is 0. The molecule has 5 rings (SSSR count). The normalized spacial score (nSPS) is 35.0. The molecular formula is C40H64N2O2. The lowest BCUT2D eigenvalue weighted by atomic mass is 9.43. The van der Waals surface area contributed by atoms with Gasteiger partial charge in [0.2, 0.25) is 0 Å². The fourth-order valence-electron chi connectivity index (χ4n) is 11.1. The average Bonchev–Trinajstić information content (AvgIpc) is 3.23. The summed E-state index contributed by atoms with van der Waals surface area (Å²) in [5.74, 6) is 3.07. The van der Waals surface area contributed by atoms with E-state index in [-0.39, 0.29) is 5.41 Å². The van der Waals surface area contributed by atoms with Gasteiger partial charge in [0.05, 0.1) is 18.4 Å². The number of fused-ring (bicyclic) bond motifs is 4. The molecule has 246 valence electrons. The molecule has 0 amide bonds. The summed E-state index contributed by atoms with van der Waals surface area (Å²) in [6.45, 7) is 21.6. The van der Waals surface area contributed by atoms with Crippen molar-refractivity contribution in [3.8, 4) is 5.75 Å². The Morgan fingerprint density at radius 3 is 2.41 bits per heavy atom. The Morgan fingerprint density at radius 2 is 1.68 bits per heavy atom. The molecule has 4 aliphatic rings. The molecule has 4 heteroatoms. The number of unbranched alkanes of at least 4 members (excludes halogenated alkanes) is 1. The zero-order chi connectivity index (χ0) is 31.9. The fraction of sp³-hybridized carbons (Fsp3) is 0.750. The lowest BCUT2D eigenvalue weighted by Gasteiger charge is -2.62. The van der Waals surface area contributed by atoms with Crippen LogP contribution in [-0.2, 0) is 4.74 Å². The summed E-state index contributed by atoms with van der Waals surface area (Å²) in [4.78, 5) is 0. The van der Waals surface area contributed by atoms with Crippen molar-refractivity contribution in [1.29, 1.82) is 0 Å². The second kappa shape index (κ2) is 12.7. The van der Waals surface area contributed by atoms with Gasteiger partial charge in [-0.15, -0.1) is 0 Å². The lowest BCUT2D eigenvalue weighted by molar-refractivity contribution is -0.126. The van der Waals surface area contributed by atoms with Crippen LogP contribution in [0.2, 0.25) is 0 Å². The Bertz CT molecular complexity index is 1240. The molecule has 0 radical (unpaired) electrons. The van der Waals surface area contributed by atoms with Gasteiger partial charge in [-0.1, -0.05) is 64.3 Å². The van der Waals surface area contributed by atoms with Gasteiger partial charge in [0.1, 0.15) is 5.75 Å². The van der Waals surface area contributed by atoms with Crippen LogP contribution >= 0.6 is 0 Å². The van der Waals surface area contributed by atoms with E-state index in [9.17, 15) is 0 Å². The summed E-state index contributed by atoms with van der Waals surface area (Å²) >= 11 is 0. The van der Waals surface area contributed by atoms with Gasteiger partial charge in [0.25, 0.3) is 0 Å². The molecule has 0 spiro atoms. The number of benzene rings is 1. The molecule has 2 saturated carbocycles. The standard InChI is InChI=1S/C40H64N2O2/c1-27(2)12-11-13-28(3)30-18-22-40(8)32-15-17-35-37(4,5)36(20-21-38(35,6)31(32)19-23-39(30,40)7)44-25-10-9-24-43-34-16-14-29(41)26-33(34)42/h12,14,16,26,28,30,35-36H,9-11,13,15,17-25,41-42H2,1-8H3/t28?,30?,35?,36?,38?,39?,40-/m0/s1. The largest absolute Gasteiger partial charge is 0.491 e. The number of hydrogen-bond acceptors (Lipinski definition) is 4. The maximum Gasteiger partial charge on any atom is 0.142 e. The van der Waals surface area contributed by atoms with E-state index in [1.807, 2.05) is 23.3 Å². The molecular weight excluding hydrogens is 540 g/mol. The molecule has 0 aliphatic heterocycles. The molecule has 4 N–H and O–H groups in total. The van der Waals surface area contributed by atoms with E-state index >= 15 is 0 Å². The number of hydrogen-bond donors (Lipinski definition) is 2. The Hall–Kier alpha value is -1.94. The first kappa shape index (κ1) is 33.4. The van der Waals surface area contributed by atoms with Gasteiger partial charge >= 0.3 is 0 Å². The number of nitrogens with two attached hydrogens (primary N) is 2. The van der Waals surface area contributed by atoms with Crippen molar-refractivity contribution >= 4 is 11.4 Å².